The smallest absolute Gasteiger partial charge is 0.137 e. The lowest BCUT2D eigenvalue weighted by molar-refractivity contribution is 0.363. The zero-order chi connectivity index (χ0) is 43.9. The normalized spacial score (nSPS) is 18.2. The summed E-state index contributed by atoms with van der Waals surface area (Å²) in [6, 6.07) is 71.5. The van der Waals surface area contributed by atoms with Crippen molar-refractivity contribution in [2.24, 2.45) is 16.8 Å². The summed E-state index contributed by atoms with van der Waals surface area (Å²) in [5.74, 6) is 0.744. The number of benzene rings is 9. The average molecular weight is 869 g/mol. The van der Waals surface area contributed by atoms with Gasteiger partial charge in [-0.3, -0.25) is 4.99 Å². The van der Waals surface area contributed by atoms with E-state index >= 15 is 0 Å². The minimum atomic E-state index is -0.110. The van der Waals surface area contributed by atoms with Crippen molar-refractivity contribution in [1.29, 1.82) is 0 Å². The van der Waals surface area contributed by atoms with Gasteiger partial charge in [0, 0.05) is 48.0 Å². The number of aliphatic imine (C=N–C) groups is 1. The second kappa shape index (κ2) is 15.7. The van der Waals surface area contributed by atoms with Crippen LogP contribution >= 0.6 is 11.3 Å². The monoisotopic (exact) mass is 868 g/mol. The van der Waals surface area contributed by atoms with Crippen LogP contribution in [-0.2, 0) is 0 Å². The zero-order valence-corrected chi connectivity index (χ0v) is 37.9. The molecular formula is C62H48N2OS. The van der Waals surface area contributed by atoms with E-state index in [1.165, 1.54) is 86.3 Å². The minimum absolute atomic E-state index is 0.110. The SMILES string of the molecule is CCC1C(c2cccc(-c3ccccc3)c2)=NC(c2cc(-n3c4ccccc4c4cc5ccccc5cc43)c3c(c2)oc2ccccc23)C(C)CCC1c1cccc2c1sc1ccccc12. The molecular weight excluding hydrogens is 821 g/mol. The highest BCUT2D eigenvalue weighted by molar-refractivity contribution is 7.26. The van der Waals surface area contributed by atoms with Crippen LogP contribution in [0.25, 0.3) is 91.5 Å². The molecule has 4 atom stereocenters. The topological polar surface area (TPSA) is 30.4 Å². The van der Waals surface area contributed by atoms with Crippen LogP contribution in [0.2, 0.25) is 0 Å². The van der Waals surface area contributed by atoms with Gasteiger partial charge in [0.15, 0.2) is 0 Å². The molecule has 66 heavy (non-hydrogen) atoms. The summed E-state index contributed by atoms with van der Waals surface area (Å²) < 4.78 is 12.2. The van der Waals surface area contributed by atoms with Gasteiger partial charge in [-0.15, -0.1) is 11.3 Å². The van der Waals surface area contributed by atoms with Gasteiger partial charge in [0.05, 0.1) is 28.1 Å². The molecule has 4 heterocycles. The lowest BCUT2D eigenvalue weighted by Crippen LogP contribution is -2.28. The fourth-order valence-electron chi connectivity index (χ4n) is 11.6. The molecule has 4 heteroatoms. The third-order valence-electron chi connectivity index (χ3n) is 14.7. The predicted octanol–water partition coefficient (Wildman–Crippen LogP) is 17.6. The Bertz CT molecular complexity index is 3870. The summed E-state index contributed by atoms with van der Waals surface area (Å²) in [4.78, 5) is 6.16. The Balaban J connectivity index is 1.06. The van der Waals surface area contributed by atoms with Gasteiger partial charge in [-0.05, 0) is 118 Å². The van der Waals surface area contributed by atoms with Crippen LogP contribution in [0.4, 0.5) is 0 Å². The van der Waals surface area contributed by atoms with Crippen molar-refractivity contribution >= 4 is 91.7 Å². The number of aromatic nitrogens is 1. The van der Waals surface area contributed by atoms with E-state index in [0.717, 1.165) is 46.9 Å². The van der Waals surface area contributed by atoms with E-state index in [-0.39, 0.29) is 17.9 Å². The molecule has 3 nitrogen and oxygen atoms in total. The summed E-state index contributed by atoms with van der Waals surface area (Å²) in [7, 11) is 0. The van der Waals surface area contributed by atoms with Crippen LogP contribution in [0.5, 0.6) is 0 Å². The highest BCUT2D eigenvalue weighted by Gasteiger charge is 2.35. The van der Waals surface area contributed by atoms with Gasteiger partial charge in [0.25, 0.3) is 0 Å². The Kier molecular flexibility index (Phi) is 9.32. The number of furan rings is 1. The van der Waals surface area contributed by atoms with Crippen molar-refractivity contribution in [2.45, 2.75) is 45.1 Å². The van der Waals surface area contributed by atoms with Crippen molar-refractivity contribution in [3.8, 4) is 16.8 Å². The summed E-state index contributed by atoms with van der Waals surface area (Å²) in [6.45, 7) is 4.81. The molecule has 0 saturated heterocycles. The predicted molar refractivity (Wildman–Crippen MR) is 281 cm³/mol. The maximum Gasteiger partial charge on any atom is 0.137 e. The highest BCUT2D eigenvalue weighted by atomic mass is 32.1. The summed E-state index contributed by atoms with van der Waals surface area (Å²) >= 11 is 1.95. The minimum Gasteiger partial charge on any atom is -0.456 e. The molecule has 1 aliphatic rings. The van der Waals surface area contributed by atoms with Crippen molar-refractivity contribution in [3.05, 3.63) is 211 Å². The van der Waals surface area contributed by atoms with Gasteiger partial charge in [-0.25, -0.2) is 0 Å². The molecule has 13 rings (SSSR count). The molecule has 0 bridgehead atoms. The fourth-order valence-corrected chi connectivity index (χ4v) is 12.9. The van der Waals surface area contributed by atoms with Gasteiger partial charge in [0.1, 0.15) is 11.2 Å². The number of nitrogens with zero attached hydrogens (tertiary/aromatic N) is 2. The number of thiophene rings is 1. The number of fused-ring (bicyclic) bond motifs is 10. The second-order valence-corrected chi connectivity index (χ2v) is 19.5. The van der Waals surface area contributed by atoms with E-state index < -0.39 is 0 Å². The first kappa shape index (κ1) is 39.1. The van der Waals surface area contributed by atoms with E-state index in [0.29, 0.717) is 5.92 Å². The number of hydrogen-bond donors (Lipinski definition) is 0. The van der Waals surface area contributed by atoms with Gasteiger partial charge in [-0.2, -0.15) is 0 Å². The molecule has 3 aromatic heterocycles. The third kappa shape index (κ3) is 6.26. The van der Waals surface area contributed by atoms with Crippen molar-refractivity contribution < 1.29 is 4.42 Å². The standard InChI is InChI=1S/C62H48N2OS/c1-3-45-46(49-26-16-27-50-48-24-11-14-30-58(48)66-62(49)50)32-31-38(2)60(63-61(45)43-22-15-21-40(33-43)39-17-5-4-6-18-39)44-36-55(59-51-25-10-13-29-56(51)65-57(59)37-44)64-53-28-12-9-23-47(53)52-34-41-19-7-8-20-42(41)35-54(52)64/h4-30,33-38,45-46,60H,3,31-32H2,1-2H3. The van der Waals surface area contributed by atoms with E-state index in [4.69, 9.17) is 9.41 Å². The van der Waals surface area contributed by atoms with Crippen molar-refractivity contribution in [3.63, 3.8) is 0 Å². The Morgan fingerprint density at radius 3 is 2.12 bits per heavy atom. The van der Waals surface area contributed by atoms with Crippen molar-refractivity contribution in [1.82, 2.24) is 4.57 Å². The maximum atomic E-state index is 6.91. The molecule has 12 aromatic rings. The number of rotatable bonds is 6. The summed E-state index contributed by atoms with van der Waals surface area (Å²) in [5, 5.41) is 9.94. The van der Waals surface area contributed by atoms with Gasteiger partial charge in [0.2, 0.25) is 0 Å². The molecule has 0 spiro atoms. The molecule has 0 radical (unpaired) electrons. The van der Waals surface area contributed by atoms with Gasteiger partial charge in [-0.1, -0.05) is 159 Å². The molecule has 0 N–H and O–H groups in total. The van der Waals surface area contributed by atoms with E-state index in [2.05, 4.69) is 213 Å². The molecule has 0 aliphatic carbocycles. The first-order valence-electron chi connectivity index (χ1n) is 23.6. The van der Waals surface area contributed by atoms with Gasteiger partial charge < -0.3 is 8.98 Å². The molecule has 318 valence electrons. The molecule has 0 amide bonds. The summed E-state index contributed by atoms with van der Waals surface area (Å²) in [5.41, 5.74) is 12.8. The van der Waals surface area contributed by atoms with E-state index in [1.54, 1.807) is 0 Å². The third-order valence-corrected chi connectivity index (χ3v) is 16.0. The first-order chi connectivity index (χ1) is 32.6. The second-order valence-electron chi connectivity index (χ2n) is 18.5. The molecule has 4 unspecified atom stereocenters. The summed E-state index contributed by atoms with van der Waals surface area (Å²) in [6.07, 6.45) is 3.09. The molecule has 0 fully saturated rings. The molecule has 1 aliphatic heterocycles. The fraction of sp³-hybridized carbons (Fsp3) is 0.145. The maximum absolute atomic E-state index is 6.91. The van der Waals surface area contributed by atoms with E-state index in [1.807, 2.05) is 11.3 Å². The number of hydrogen-bond acceptors (Lipinski definition) is 3. The van der Waals surface area contributed by atoms with Crippen LogP contribution < -0.4 is 0 Å². The average Bonchev–Trinajstić information content (AvgIpc) is 4.04. The Hall–Kier alpha value is -7.27. The van der Waals surface area contributed by atoms with E-state index in [9.17, 15) is 0 Å². The van der Waals surface area contributed by atoms with Crippen LogP contribution in [-0.4, -0.2) is 10.3 Å². The largest absolute Gasteiger partial charge is 0.456 e. The quantitative estimate of drug-likeness (QED) is 0.164. The molecule has 9 aromatic carbocycles. The Morgan fingerprint density at radius 1 is 0.561 bits per heavy atom. The molecule has 0 saturated carbocycles. The van der Waals surface area contributed by atoms with Gasteiger partial charge >= 0.3 is 0 Å². The number of para-hydroxylation sites is 2. The lowest BCUT2D eigenvalue weighted by atomic mass is 9.73. The Morgan fingerprint density at radius 2 is 1.26 bits per heavy atom. The van der Waals surface area contributed by atoms with Crippen LogP contribution in [0.3, 0.4) is 0 Å². The van der Waals surface area contributed by atoms with Crippen LogP contribution in [0.1, 0.15) is 61.8 Å². The highest BCUT2D eigenvalue weighted by Crippen LogP contribution is 2.48. The first-order valence-corrected chi connectivity index (χ1v) is 24.4. The zero-order valence-electron chi connectivity index (χ0n) is 37.1. The Labute approximate surface area is 388 Å². The van der Waals surface area contributed by atoms with Crippen LogP contribution in [0, 0.1) is 11.8 Å². The van der Waals surface area contributed by atoms with Crippen LogP contribution in [0.15, 0.2) is 204 Å². The van der Waals surface area contributed by atoms with Crippen molar-refractivity contribution in [2.75, 3.05) is 0 Å². The lowest BCUT2D eigenvalue weighted by Gasteiger charge is -2.35.